The van der Waals surface area contributed by atoms with Crippen molar-refractivity contribution >= 4 is 23.1 Å². The fraction of sp³-hybridized carbons (Fsp3) is 0.444. The molecule has 1 unspecified atom stereocenters. The number of benzene rings is 1. The van der Waals surface area contributed by atoms with Crippen LogP contribution < -0.4 is 5.32 Å². The summed E-state index contributed by atoms with van der Waals surface area (Å²) in [5.74, 6) is 0.730. The number of aryl methyl sites for hydroxylation is 1. The van der Waals surface area contributed by atoms with E-state index in [9.17, 15) is 9.18 Å². The monoisotopic (exact) mass is 478 g/mol. The number of aromatic nitrogens is 2. The molecule has 5 rings (SSSR count). The highest BCUT2D eigenvalue weighted by Crippen LogP contribution is 2.48. The Morgan fingerprint density at radius 2 is 1.97 bits per heavy atom. The number of halogens is 1. The van der Waals surface area contributed by atoms with Gasteiger partial charge in [-0.05, 0) is 49.7 Å². The predicted molar refractivity (Wildman–Crippen MR) is 135 cm³/mol. The van der Waals surface area contributed by atoms with Gasteiger partial charge in [-0.15, -0.1) is 11.3 Å². The molecule has 1 aliphatic heterocycles. The van der Waals surface area contributed by atoms with E-state index in [0.29, 0.717) is 29.0 Å². The molecule has 7 heteroatoms. The number of pyridine rings is 1. The van der Waals surface area contributed by atoms with Gasteiger partial charge >= 0.3 is 0 Å². The minimum Gasteiger partial charge on any atom is -0.368 e. The van der Waals surface area contributed by atoms with Crippen molar-refractivity contribution in [2.24, 2.45) is 5.41 Å². The van der Waals surface area contributed by atoms with Crippen molar-refractivity contribution in [1.82, 2.24) is 14.9 Å². The van der Waals surface area contributed by atoms with Gasteiger partial charge in [0, 0.05) is 30.9 Å². The maximum atomic E-state index is 13.9. The second kappa shape index (κ2) is 9.82. The van der Waals surface area contributed by atoms with Crippen LogP contribution in [0.1, 0.15) is 59.6 Å². The van der Waals surface area contributed by atoms with E-state index >= 15 is 0 Å². The standard InChI is InChI=1S/C27H31FN4OS/c1-19-31-24(25(34-19)21-7-3-2-4-8-21)26(33)32-14-13-27(11-5-6-12-27)15-22(32)18-30-23-10-9-20(16-28)17-29-23/h2-4,7-10,17,22H,5-6,11-16,18H2,1H3,(H,29,30). The van der Waals surface area contributed by atoms with Gasteiger partial charge in [0.05, 0.1) is 9.88 Å². The van der Waals surface area contributed by atoms with Gasteiger partial charge in [-0.2, -0.15) is 0 Å². The van der Waals surface area contributed by atoms with Crippen molar-refractivity contribution < 1.29 is 9.18 Å². The first kappa shape index (κ1) is 23.0. The van der Waals surface area contributed by atoms with Gasteiger partial charge in [-0.3, -0.25) is 4.79 Å². The summed E-state index contributed by atoms with van der Waals surface area (Å²) in [7, 11) is 0. The summed E-state index contributed by atoms with van der Waals surface area (Å²) in [5, 5.41) is 4.32. The largest absolute Gasteiger partial charge is 0.368 e. The minimum absolute atomic E-state index is 0.0172. The molecular formula is C27H31FN4OS. The Balaban J connectivity index is 1.40. The molecule has 1 N–H and O–H groups in total. The number of rotatable bonds is 6. The van der Waals surface area contributed by atoms with Crippen LogP contribution >= 0.6 is 11.3 Å². The Hall–Kier alpha value is -2.80. The molecule has 1 spiro atoms. The van der Waals surface area contributed by atoms with Crippen LogP contribution in [0.5, 0.6) is 0 Å². The van der Waals surface area contributed by atoms with Gasteiger partial charge in [-0.1, -0.05) is 49.2 Å². The van der Waals surface area contributed by atoms with E-state index in [1.165, 1.54) is 25.7 Å². The van der Waals surface area contributed by atoms with Gasteiger partial charge in [0.15, 0.2) is 0 Å². The number of amides is 1. The van der Waals surface area contributed by atoms with E-state index in [-0.39, 0.29) is 11.9 Å². The molecule has 34 heavy (non-hydrogen) atoms. The Kier molecular flexibility index (Phi) is 6.63. The quantitative estimate of drug-likeness (QED) is 0.454. The summed E-state index contributed by atoms with van der Waals surface area (Å²) in [6.45, 7) is 2.82. The lowest BCUT2D eigenvalue weighted by molar-refractivity contribution is 0.0389. The molecule has 178 valence electrons. The molecule has 1 aliphatic carbocycles. The number of hydrogen-bond acceptors (Lipinski definition) is 5. The molecule has 1 saturated heterocycles. The molecule has 2 aromatic heterocycles. The summed E-state index contributed by atoms with van der Waals surface area (Å²) in [4.78, 5) is 25.9. The number of alkyl halides is 1. The zero-order valence-electron chi connectivity index (χ0n) is 19.6. The molecule has 5 nitrogen and oxygen atoms in total. The van der Waals surface area contributed by atoms with Crippen molar-refractivity contribution in [3.63, 3.8) is 0 Å². The fourth-order valence-electron chi connectivity index (χ4n) is 5.60. The van der Waals surface area contributed by atoms with E-state index in [0.717, 1.165) is 34.8 Å². The van der Waals surface area contributed by atoms with Crippen LogP contribution in [-0.4, -0.2) is 39.9 Å². The number of carbonyl (C=O) groups excluding carboxylic acids is 1. The Morgan fingerprint density at radius 1 is 1.18 bits per heavy atom. The van der Waals surface area contributed by atoms with Crippen LogP contribution in [-0.2, 0) is 6.67 Å². The first-order valence-electron chi connectivity index (χ1n) is 12.2. The van der Waals surface area contributed by atoms with E-state index in [1.807, 2.05) is 48.2 Å². The molecule has 1 saturated carbocycles. The second-order valence-corrected chi connectivity index (χ2v) is 10.9. The molecule has 2 aliphatic rings. The van der Waals surface area contributed by atoms with Crippen LogP contribution in [0.15, 0.2) is 48.7 Å². The smallest absolute Gasteiger partial charge is 0.274 e. The summed E-state index contributed by atoms with van der Waals surface area (Å²) < 4.78 is 12.9. The number of likely N-dealkylation sites (tertiary alicyclic amines) is 1. The Morgan fingerprint density at radius 3 is 2.68 bits per heavy atom. The number of anilines is 1. The number of carbonyl (C=O) groups is 1. The van der Waals surface area contributed by atoms with Crippen LogP contribution in [0.25, 0.3) is 10.4 Å². The van der Waals surface area contributed by atoms with E-state index in [1.54, 1.807) is 23.6 Å². The molecule has 0 bridgehead atoms. The van der Waals surface area contributed by atoms with Crippen molar-refractivity contribution in [2.45, 2.75) is 58.2 Å². The summed E-state index contributed by atoms with van der Waals surface area (Å²) in [6, 6.07) is 13.7. The zero-order valence-corrected chi connectivity index (χ0v) is 20.4. The first-order valence-corrected chi connectivity index (χ1v) is 13.0. The number of nitrogens with one attached hydrogen (secondary N) is 1. The van der Waals surface area contributed by atoms with Gasteiger partial charge in [0.1, 0.15) is 18.2 Å². The third kappa shape index (κ3) is 4.71. The summed E-state index contributed by atoms with van der Waals surface area (Å²) in [6.07, 6.45) is 8.68. The SMILES string of the molecule is Cc1nc(C(=O)N2CCC3(CCCC3)CC2CNc2ccc(CF)cn2)c(-c2ccccc2)s1. The van der Waals surface area contributed by atoms with Crippen molar-refractivity contribution in [3.8, 4) is 10.4 Å². The average Bonchev–Trinajstić information content (AvgIpc) is 3.50. The second-order valence-electron chi connectivity index (χ2n) is 9.66. The topological polar surface area (TPSA) is 58.1 Å². The molecule has 3 heterocycles. The highest BCUT2D eigenvalue weighted by molar-refractivity contribution is 7.15. The third-order valence-corrected chi connectivity index (χ3v) is 8.41. The maximum Gasteiger partial charge on any atom is 0.274 e. The lowest BCUT2D eigenvalue weighted by Crippen LogP contribution is -2.52. The molecule has 2 fully saturated rings. The number of piperidine rings is 1. The number of nitrogens with zero attached hydrogens (tertiary/aromatic N) is 3. The number of hydrogen-bond donors (Lipinski definition) is 1. The minimum atomic E-state index is -0.516. The fourth-order valence-corrected chi connectivity index (χ4v) is 6.52. The molecular weight excluding hydrogens is 447 g/mol. The molecule has 1 atom stereocenters. The maximum absolute atomic E-state index is 13.9. The van der Waals surface area contributed by atoms with E-state index in [2.05, 4.69) is 15.3 Å². The van der Waals surface area contributed by atoms with Crippen molar-refractivity contribution in [1.29, 1.82) is 0 Å². The highest BCUT2D eigenvalue weighted by atomic mass is 32.1. The molecule has 3 aromatic rings. The third-order valence-electron chi connectivity index (χ3n) is 7.39. The van der Waals surface area contributed by atoms with E-state index < -0.39 is 6.67 Å². The van der Waals surface area contributed by atoms with Gasteiger partial charge in [0.25, 0.3) is 5.91 Å². The average molecular weight is 479 g/mol. The summed E-state index contributed by atoms with van der Waals surface area (Å²) >= 11 is 1.58. The van der Waals surface area contributed by atoms with Gasteiger partial charge < -0.3 is 10.2 Å². The molecule has 0 radical (unpaired) electrons. The van der Waals surface area contributed by atoms with E-state index in [4.69, 9.17) is 0 Å². The lowest BCUT2D eigenvalue weighted by atomic mass is 9.74. The van der Waals surface area contributed by atoms with Gasteiger partial charge in [0.2, 0.25) is 0 Å². The zero-order chi connectivity index (χ0) is 23.5. The molecule has 1 amide bonds. The Labute approximate surface area is 204 Å². The van der Waals surface area contributed by atoms with Crippen molar-refractivity contribution in [3.05, 3.63) is 64.9 Å². The Bertz CT molecular complexity index is 1130. The number of thiazole rings is 1. The summed E-state index contributed by atoms with van der Waals surface area (Å²) in [5.41, 5.74) is 2.51. The first-order chi connectivity index (χ1) is 16.6. The van der Waals surface area contributed by atoms with Crippen LogP contribution in [0.4, 0.5) is 10.2 Å². The van der Waals surface area contributed by atoms with Crippen LogP contribution in [0.2, 0.25) is 0 Å². The van der Waals surface area contributed by atoms with Gasteiger partial charge in [-0.25, -0.2) is 14.4 Å². The molecule has 1 aromatic carbocycles. The van der Waals surface area contributed by atoms with Crippen LogP contribution in [0.3, 0.4) is 0 Å². The highest BCUT2D eigenvalue weighted by Gasteiger charge is 2.43. The predicted octanol–water partition coefficient (Wildman–Crippen LogP) is 6.26. The van der Waals surface area contributed by atoms with Crippen LogP contribution in [0, 0.1) is 12.3 Å². The lowest BCUT2D eigenvalue weighted by Gasteiger charge is -2.45. The normalized spacial score (nSPS) is 19.5. The van der Waals surface area contributed by atoms with Crippen molar-refractivity contribution in [2.75, 3.05) is 18.4 Å².